The molecule has 86 valence electrons. The van der Waals surface area contributed by atoms with Gasteiger partial charge in [-0.25, -0.2) is 0 Å². The number of non-ortho nitro benzene ring substituents is 1. The molecule has 1 aromatic carbocycles. The third-order valence-electron chi connectivity index (χ3n) is 1.93. The van der Waals surface area contributed by atoms with E-state index in [0.717, 1.165) is 0 Å². The van der Waals surface area contributed by atoms with E-state index in [9.17, 15) is 10.1 Å². The van der Waals surface area contributed by atoms with Crippen molar-refractivity contribution in [3.8, 4) is 11.5 Å². The number of hydrogen-bond donors (Lipinski definition) is 1. The van der Waals surface area contributed by atoms with Crippen LogP contribution in [0.5, 0.6) is 0 Å². The number of aromatic nitrogens is 2. The lowest BCUT2D eigenvalue weighted by Gasteiger charge is -1.94. The molecule has 2 rings (SSSR count). The van der Waals surface area contributed by atoms with E-state index >= 15 is 0 Å². The molecule has 0 aliphatic carbocycles. The van der Waals surface area contributed by atoms with E-state index in [-0.39, 0.29) is 21.7 Å². The number of rotatable bonds is 3. The number of hydrogen-bond acceptors (Lipinski definition) is 6. The summed E-state index contributed by atoms with van der Waals surface area (Å²) in [6.45, 7) is 0. The van der Waals surface area contributed by atoms with Gasteiger partial charge in [0.15, 0.2) is 0 Å². The van der Waals surface area contributed by atoms with E-state index in [1.807, 2.05) is 0 Å². The van der Waals surface area contributed by atoms with Crippen LogP contribution in [0.25, 0.3) is 11.5 Å². The van der Waals surface area contributed by atoms with Crippen molar-refractivity contribution >= 4 is 34.7 Å². The fraction of sp³-hybridized carbons (Fsp3) is 0. The standard InChI is InChI=1S/C9H5N3O3S2/c13-12(14)6-3-1-5(2-4-6)7-10-11-8(15-7)9(16)17/h1-4H,(H,16,17). The predicted molar refractivity (Wildman–Crippen MR) is 67.1 cm³/mol. The van der Waals surface area contributed by atoms with Crippen LogP contribution in [0.3, 0.4) is 0 Å². The Kier molecular flexibility index (Phi) is 3.16. The molecule has 17 heavy (non-hydrogen) atoms. The highest BCUT2D eigenvalue weighted by atomic mass is 32.1. The van der Waals surface area contributed by atoms with Crippen molar-refractivity contribution in [3.63, 3.8) is 0 Å². The van der Waals surface area contributed by atoms with Gasteiger partial charge in [-0.2, -0.15) is 0 Å². The molecule has 0 aliphatic rings. The summed E-state index contributed by atoms with van der Waals surface area (Å²) in [5.41, 5.74) is 0.581. The fourth-order valence-electron chi connectivity index (χ4n) is 1.15. The molecule has 0 fully saturated rings. The summed E-state index contributed by atoms with van der Waals surface area (Å²) < 4.78 is 5.42. The van der Waals surface area contributed by atoms with Crippen LogP contribution in [0.1, 0.15) is 5.89 Å². The van der Waals surface area contributed by atoms with Crippen molar-refractivity contribution in [2.45, 2.75) is 0 Å². The van der Waals surface area contributed by atoms with E-state index in [1.165, 1.54) is 24.3 Å². The second-order valence-electron chi connectivity index (χ2n) is 3.02. The minimum absolute atomic E-state index is 0.00166. The molecule has 0 bridgehead atoms. The monoisotopic (exact) mass is 267 g/mol. The van der Waals surface area contributed by atoms with E-state index < -0.39 is 4.92 Å². The third-order valence-corrected chi connectivity index (χ3v) is 2.30. The predicted octanol–water partition coefficient (Wildman–Crippen LogP) is 2.25. The van der Waals surface area contributed by atoms with Gasteiger partial charge >= 0.3 is 0 Å². The van der Waals surface area contributed by atoms with Crippen molar-refractivity contribution in [3.05, 3.63) is 40.3 Å². The molecule has 0 spiro atoms. The average Bonchev–Trinajstić information content (AvgIpc) is 2.78. The SMILES string of the molecule is O=[N+]([O-])c1ccc(-c2nnc(C(=S)S)o2)cc1. The van der Waals surface area contributed by atoms with E-state index in [0.29, 0.717) is 5.56 Å². The summed E-state index contributed by atoms with van der Waals surface area (Å²) in [5, 5.41) is 17.9. The highest BCUT2D eigenvalue weighted by Crippen LogP contribution is 2.21. The Hall–Kier alpha value is -1.80. The number of nitro groups is 1. The van der Waals surface area contributed by atoms with Gasteiger partial charge in [-0.1, -0.05) is 12.2 Å². The fourth-order valence-corrected chi connectivity index (χ4v) is 1.32. The molecule has 0 unspecified atom stereocenters. The van der Waals surface area contributed by atoms with Crippen molar-refractivity contribution < 1.29 is 9.34 Å². The van der Waals surface area contributed by atoms with Crippen molar-refractivity contribution in [2.24, 2.45) is 0 Å². The zero-order valence-corrected chi connectivity index (χ0v) is 9.94. The number of thiocarbonyl (C=S) groups is 1. The number of nitrogens with zero attached hydrogens (tertiary/aromatic N) is 3. The molecule has 0 amide bonds. The maximum atomic E-state index is 10.5. The number of nitro benzene ring substituents is 1. The lowest BCUT2D eigenvalue weighted by molar-refractivity contribution is -0.384. The van der Waals surface area contributed by atoms with Crippen molar-refractivity contribution in [2.75, 3.05) is 0 Å². The van der Waals surface area contributed by atoms with Crippen molar-refractivity contribution in [1.29, 1.82) is 0 Å². The maximum absolute atomic E-state index is 10.5. The van der Waals surface area contributed by atoms with Gasteiger partial charge in [0.2, 0.25) is 5.89 Å². The van der Waals surface area contributed by atoms with Gasteiger partial charge in [0.25, 0.3) is 11.6 Å². The summed E-state index contributed by atoms with van der Waals surface area (Å²) in [4.78, 5) is 9.99. The Morgan fingerprint density at radius 2 is 2.00 bits per heavy atom. The molecule has 0 N–H and O–H groups in total. The Labute approximate surface area is 106 Å². The molecule has 6 nitrogen and oxygen atoms in total. The third kappa shape index (κ3) is 2.48. The highest BCUT2D eigenvalue weighted by molar-refractivity contribution is 8.11. The lowest BCUT2D eigenvalue weighted by Crippen LogP contribution is -1.87. The average molecular weight is 267 g/mol. The van der Waals surface area contributed by atoms with Crippen molar-refractivity contribution in [1.82, 2.24) is 10.2 Å². The first kappa shape index (κ1) is 11.7. The van der Waals surface area contributed by atoms with Gasteiger partial charge in [-0.3, -0.25) is 10.1 Å². The summed E-state index contributed by atoms with van der Waals surface area (Å²) in [6.07, 6.45) is 0. The Balaban J connectivity index is 2.33. The topological polar surface area (TPSA) is 82.1 Å². The normalized spacial score (nSPS) is 10.2. The molecule has 1 heterocycles. The van der Waals surface area contributed by atoms with E-state index in [1.54, 1.807) is 0 Å². The first-order valence-electron chi connectivity index (χ1n) is 4.39. The van der Waals surface area contributed by atoms with Crippen LogP contribution in [-0.2, 0) is 0 Å². The zero-order valence-electron chi connectivity index (χ0n) is 8.23. The quantitative estimate of drug-likeness (QED) is 0.397. The summed E-state index contributed by atoms with van der Waals surface area (Å²) in [6, 6.07) is 5.77. The number of benzene rings is 1. The van der Waals surface area contributed by atoms with Crippen LogP contribution in [0.2, 0.25) is 0 Å². The lowest BCUT2D eigenvalue weighted by atomic mass is 10.2. The van der Waals surface area contributed by atoms with Gasteiger partial charge in [0, 0.05) is 17.7 Å². The van der Waals surface area contributed by atoms with Gasteiger partial charge in [0.1, 0.15) is 4.20 Å². The van der Waals surface area contributed by atoms with Gasteiger partial charge in [-0.15, -0.1) is 22.8 Å². The molecule has 0 radical (unpaired) electrons. The molecular formula is C9H5N3O3S2. The number of thiol groups is 1. The first-order valence-corrected chi connectivity index (χ1v) is 5.25. The summed E-state index contributed by atoms with van der Waals surface area (Å²) in [7, 11) is 0. The highest BCUT2D eigenvalue weighted by Gasteiger charge is 2.11. The van der Waals surface area contributed by atoms with Crippen LogP contribution in [-0.4, -0.2) is 19.3 Å². The molecule has 1 aromatic heterocycles. The minimum atomic E-state index is -0.480. The van der Waals surface area contributed by atoms with Crippen LogP contribution < -0.4 is 0 Å². The first-order chi connectivity index (χ1) is 8.08. The zero-order chi connectivity index (χ0) is 12.4. The molecular weight excluding hydrogens is 262 g/mol. The van der Waals surface area contributed by atoms with Crippen LogP contribution in [0.4, 0.5) is 5.69 Å². The van der Waals surface area contributed by atoms with E-state index in [2.05, 4.69) is 22.8 Å². The smallest absolute Gasteiger partial charge is 0.269 e. The molecule has 8 heteroatoms. The minimum Gasteiger partial charge on any atom is -0.415 e. The second-order valence-corrected chi connectivity index (χ2v) is 4.18. The van der Waals surface area contributed by atoms with Crippen LogP contribution in [0, 0.1) is 10.1 Å². The van der Waals surface area contributed by atoms with E-state index in [4.69, 9.17) is 16.6 Å². The van der Waals surface area contributed by atoms with Crippen LogP contribution in [0.15, 0.2) is 28.7 Å². The largest absolute Gasteiger partial charge is 0.415 e. The van der Waals surface area contributed by atoms with Crippen LogP contribution >= 0.6 is 24.8 Å². The second kappa shape index (κ2) is 4.60. The molecule has 0 aliphatic heterocycles. The summed E-state index contributed by atoms with van der Waals surface area (Å²) >= 11 is 8.66. The Morgan fingerprint density at radius 1 is 1.35 bits per heavy atom. The van der Waals surface area contributed by atoms with Gasteiger partial charge in [0.05, 0.1) is 4.92 Å². The van der Waals surface area contributed by atoms with Gasteiger partial charge < -0.3 is 4.42 Å². The maximum Gasteiger partial charge on any atom is 0.269 e. The molecule has 2 aromatic rings. The molecule has 0 saturated heterocycles. The Morgan fingerprint density at radius 3 is 2.47 bits per heavy atom. The Bertz CT molecular complexity index is 579. The van der Waals surface area contributed by atoms with Gasteiger partial charge in [-0.05, 0) is 12.1 Å². The molecule has 0 atom stereocenters. The summed E-state index contributed by atoms with van der Waals surface area (Å²) in [5.74, 6) is 0.392. The molecule has 0 saturated carbocycles.